The Morgan fingerprint density at radius 1 is 1.04 bits per heavy atom. The molecule has 2 N–H and O–H groups in total. The highest BCUT2D eigenvalue weighted by Gasteiger charge is 2.14. The van der Waals surface area contributed by atoms with Gasteiger partial charge in [0.2, 0.25) is 10.0 Å². The van der Waals surface area contributed by atoms with E-state index in [0.29, 0.717) is 10.8 Å². The Balaban J connectivity index is 1.86. The summed E-state index contributed by atoms with van der Waals surface area (Å²) in [5, 5.41) is 3.05. The van der Waals surface area contributed by atoms with E-state index in [0.717, 1.165) is 10.5 Å². The van der Waals surface area contributed by atoms with Crippen LogP contribution < -0.4 is 10.0 Å². The molecule has 2 aromatic rings. The second kappa shape index (κ2) is 9.75. The fourth-order valence-electron chi connectivity index (χ4n) is 2.27. The lowest BCUT2D eigenvalue weighted by Crippen LogP contribution is -2.34. The van der Waals surface area contributed by atoms with Gasteiger partial charge in [-0.1, -0.05) is 56.3 Å². The summed E-state index contributed by atoms with van der Waals surface area (Å²) in [6.45, 7) is 4.42. The summed E-state index contributed by atoms with van der Waals surface area (Å²) in [5.41, 5.74) is 1.46. The first-order chi connectivity index (χ1) is 12.4. The summed E-state index contributed by atoms with van der Waals surface area (Å²) in [5.74, 6) is -0.419. The van der Waals surface area contributed by atoms with E-state index < -0.39 is 10.0 Å². The molecule has 0 saturated carbocycles. The highest BCUT2D eigenvalue weighted by atomic mass is 32.2. The first-order valence-corrected chi connectivity index (χ1v) is 11.0. The number of hydrogen-bond donors (Lipinski definition) is 2. The monoisotopic (exact) mass is 392 g/mol. The second-order valence-corrected chi connectivity index (χ2v) is 9.59. The summed E-state index contributed by atoms with van der Waals surface area (Å²) in [6.07, 6.45) is 0. The summed E-state index contributed by atoms with van der Waals surface area (Å²) < 4.78 is 26.7. The van der Waals surface area contributed by atoms with Gasteiger partial charge in [0.15, 0.2) is 0 Å². The number of amides is 1. The van der Waals surface area contributed by atoms with Crippen molar-refractivity contribution in [1.29, 1.82) is 0 Å². The zero-order chi connectivity index (χ0) is 19.0. The zero-order valence-electron chi connectivity index (χ0n) is 14.9. The Morgan fingerprint density at radius 3 is 2.38 bits per heavy atom. The van der Waals surface area contributed by atoms with Gasteiger partial charge in [0, 0.05) is 23.2 Å². The summed E-state index contributed by atoms with van der Waals surface area (Å²) >= 11 is 1.61. The van der Waals surface area contributed by atoms with Crippen LogP contribution in [0.1, 0.15) is 29.8 Å². The molecular formula is C19H24N2O3S2. The lowest BCUT2D eigenvalue weighted by atomic mass is 10.2. The van der Waals surface area contributed by atoms with Crippen LogP contribution in [0.4, 0.5) is 0 Å². The van der Waals surface area contributed by atoms with Gasteiger partial charge in [-0.05, 0) is 17.7 Å². The van der Waals surface area contributed by atoms with E-state index in [1.807, 2.05) is 42.5 Å². The number of sulfonamides is 1. The van der Waals surface area contributed by atoms with Gasteiger partial charge in [-0.2, -0.15) is 0 Å². The van der Waals surface area contributed by atoms with Gasteiger partial charge in [-0.25, -0.2) is 13.1 Å². The first-order valence-electron chi connectivity index (χ1n) is 8.42. The summed E-state index contributed by atoms with van der Waals surface area (Å²) in [7, 11) is -3.46. The Bertz CT molecular complexity index is 822. The fraction of sp³-hybridized carbons (Fsp3) is 0.316. The number of carbonyl (C=O) groups excluding carboxylic acids is 1. The molecule has 0 aliphatic rings. The first kappa shape index (κ1) is 20.5. The summed E-state index contributed by atoms with van der Waals surface area (Å²) in [6, 6.07) is 16.6. The van der Waals surface area contributed by atoms with E-state index in [1.54, 1.807) is 23.9 Å². The molecule has 140 valence electrons. The van der Waals surface area contributed by atoms with Crippen LogP contribution in [0, 0.1) is 0 Å². The number of benzene rings is 2. The topological polar surface area (TPSA) is 75.3 Å². The molecule has 5 nitrogen and oxygen atoms in total. The molecule has 0 aliphatic heterocycles. The minimum atomic E-state index is -3.46. The van der Waals surface area contributed by atoms with Crippen molar-refractivity contribution >= 4 is 27.7 Å². The van der Waals surface area contributed by atoms with Crippen LogP contribution in [0.15, 0.2) is 59.5 Å². The van der Waals surface area contributed by atoms with Crippen LogP contribution >= 0.6 is 11.8 Å². The molecule has 0 aromatic heterocycles. The third kappa shape index (κ3) is 6.82. The van der Waals surface area contributed by atoms with Crippen molar-refractivity contribution in [3.8, 4) is 0 Å². The van der Waals surface area contributed by atoms with E-state index in [9.17, 15) is 13.2 Å². The maximum atomic E-state index is 12.4. The van der Waals surface area contributed by atoms with Gasteiger partial charge >= 0.3 is 0 Å². The molecule has 0 spiro atoms. The molecule has 0 fully saturated rings. The fourth-order valence-corrected chi connectivity index (χ4v) is 4.12. The number of thioether (sulfide) groups is 1. The minimum absolute atomic E-state index is 0.0592. The largest absolute Gasteiger partial charge is 0.351 e. The van der Waals surface area contributed by atoms with Gasteiger partial charge < -0.3 is 5.32 Å². The number of nitrogens with one attached hydrogen (secondary N) is 2. The number of rotatable bonds is 9. The van der Waals surface area contributed by atoms with Gasteiger partial charge in [-0.3, -0.25) is 4.79 Å². The second-order valence-electron chi connectivity index (χ2n) is 6.04. The van der Waals surface area contributed by atoms with Gasteiger partial charge in [0.25, 0.3) is 5.91 Å². The lowest BCUT2D eigenvalue weighted by molar-refractivity contribution is 0.0953. The molecule has 0 aliphatic carbocycles. The minimum Gasteiger partial charge on any atom is -0.351 e. The maximum Gasteiger partial charge on any atom is 0.252 e. The highest BCUT2D eigenvalue weighted by Crippen LogP contribution is 2.26. The third-order valence-corrected chi connectivity index (χ3v) is 5.90. The van der Waals surface area contributed by atoms with Gasteiger partial charge in [-0.15, -0.1) is 11.8 Å². The van der Waals surface area contributed by atoms with E-state index in [4.69, 9.17) is 0 Å². The standard InChI is InChI=1S/C19H24N2O3S2/c1-15(2)25-18-11-7-6-10-17(18)19(22)20-12-13-26(23,24)21-14-16-8-4-3-5-9-16/h3-11,15,21H,12-14H2,1-2H3,(H,20,22). The molecule has 2 aromatic carbocycles. The molecule has 0 radical (unpaired) electrons. The molecule has 0 atom stereocenters. The quantitative estimate of drug-likeness (QED) is 0.643. The van der Waals surface area contributed by atoms with E-state index in [1.165, 1.54) is 0 Å². The number of carbonyl (C=O) groups is 1. The van der Waals surface area contributed by atoms with Gasteiger partial charge in [0.05, 0.1) is 11.3 Å². The van der Waals surface area contributed by atoms with Crippen LogP contribution in [-0.4, -0.2) is 31.9 Å². The van der Waals surface area contributed by atoms with Crippen LogP contribution in [0.3, 0.4) is 0 Å². The molecule has 7 heteroatoms. The molecule has 0 saturated heterocycles. The van der Waals surface area contributed by atoms with Crippen LogP contribution in [0.5, 0.6) is 0 Å². The van der Waals surface area contributed by atoms with Crippen molar-refractivity contribution in [3.05, 3.63) is 65.7 Å². The molecule has 0 heterocycles. The van der Waals surface area contributed by atoms with Crippen LogP contribution in [0.2, 0.25) is 0 Å². The third-order valence-electron chi connectivity index (χ3n) is 3.49. The van der Waals surface area contributed by atoms with Gasteiger partial charge in [0.1, 0.15) is 0 Å². The Kier molecular flexibility index (Phi) is 7.68. The Hall–Kier alpha value is -1.83. The zero-order valence-corrected chi connectivity index (χ0v) is 16.6. The van der Waals surface area contributed by atoms with E-state index in [-0.39, 0.29) is 24.7 Å². The molecule has 26 heavy (non-hydrogen) atoms. The van der Waals surface area contributed by atoms with Crippen molar-refractivity contribution in [2.24, 2.45) is 0 Å². The van der Waals surface area contributed by atoms with E-state index >= 15 is 0 Å². The van der Waals surface area contributed by atoms with Crippen molar-refractivity contribution < 1.29 is 13.2 Å². The van der Waals surface area contributed by atoms with Crippen molar-refractivity contribution in [2.75, 3.05) is 12.3 Å². The molecular weight excluding hydrogens is 368 g/mol. The normalized spacial score (nSPS) is 11.5. The molecule has 2 rings (SSSR count). The Labute approximate surface area is 159 Å². The number of hydrogen-bond acceptors (Lipinski definition) is 4. The van der Waals surface area contributed by atoms with Crippen LogP contribution in [-0.2, 0) is 16.6 Å². The Morgan fingerprint density at radius 2 is 1.69 bits per heavy atom. The molecule has 0 unspecified atom stereocenters. The molecule has 1 amide bonds. The molecule has 0 bridgehead atoms. The van der Waals surface area contributed by atoms with Crippen molar-refractivity contribution in [3.63, 3.8) is 0 Å². The SMILES string of the molecule is CC(C)Sc1ccccc1C(=O)NCCS(=O)(=O)NCc1ccccc1. The average Bonchev–Trinajstić information content (AvgIpc) is 2.61. The lowest BCUT2D eigenvalue weighted by Gasteiger charge is -2.12. The van der Waals surface area contributed by atoms with Crippen LogP contribution in [0.25, 0.3) is 0 Å². The van der Waals surface area contributed by atoms with Crippen molar-refractivity contribution in [2.45, 2.75) is 30.5 Å². The summed E-state index contributed by atoms with van der Waals surface area (Å²) in [4.78, 5) is 13.3. The smallest absolute Gasteiger partial charge is 0.252 e. The predicted octanol–water partition coefficient (Wildman–Crippen LogP) is 3.04. The predicted molar refractivity (Wildman–Crippen MR) is 107 cm³/mol. The maximum absolute atomic E-state index is 12.4. The average molecular weight is 393 g/mol. The van der Waals surface area contributed by atoms with Crippen molar-refractivity contribution in [1.82, 2.24) is 10.0 Å². The van der Waals surface area contributed by atoms with E-state index in [2.05, 4.69) is 23.9 Å². The highest BCUT2D eigenvalue weighted by molar-refractivity contribution is 8.00.